The van der Waals surface area contributed by atoms with Crippen LogP contribution in [-0.4, -0.2) is 44.9 Å². The Morgan fingerprint density at radius 3 is 2.56 bits per heavy atom. The summed E-state index contributed by atoms with van der Waals surface area (Å²) in [7, 11) is 1.79. The summed E-state index contributed by atoms with van der Waals surface area (Å²) in [5, 5.41) is 3.09. The molecule has 3 N–H and O–H groups in total. The molecule has 104 valence electrons. The Morgan fingerprint density at radius 1 is 1.39 bits per heavy atom. The van der Waals surface area contributed by atoms with Gasteiger partial charge < -0.3 is 20.5 Å². The van der Waals surface area contributed by atoms with Crippen LogP contribution >= 0.6 is 0 Å². The molecule has 1 atom stereocenters. The molecule has 1 saturated heterocycles. The number of carbonyl (C=O) groups excluding carboxylic acids is 1. The highest BCUT2D eigenvalue weighted by Crippen LogP contribution is 2.39. The fraction of sp³-hybridized carbons (Fsp3) is 0.923. The number of amides is 1. The monoisotopic (exact) mass is 256 g/mol. The van der Waals surface area contributed by atoms with Crippen LogP contribution in [0.5, 0.6) is 0 Å². The first-order valence-corrected chi connectivity index (χ1v) is 6.83. The Balaban J connectivity index is 1.80. The van der Waals surface area contributed by atoms with Crippen molar-refractivity contribution in [2.75, 3.05) is 33.5 Å². The van der Waals surface area contributed by atoms with Gasteiger partial charge in [-0.1, -0.05) is 0 Å². The highest BCUT2D eigenvalue weighted by Gasteiger charge is 2.49. The summed E-state index contributed by atoms with van der Waals surface area (Å²) in [5.41, 5.74) is 4.88. The van der Waals surface area contributed by atoms with Crippen molar-refractivity contribution in [2.24, 2.45) is 17.6 Å². The van der Waals surface area contributed by atoms with Gasteiger partial charge in [0.05, 0.1) is 6.61 Å². The van der Waals surface area contributed by atoms with Gasteiger partial charge in [-0.2, -0.15) is 0 Å². The molecule has 0 bridgehead atoms. The van der Waals surface area contributed by atoms with Gasteiger partial charge in [0, 0.05) is 19.8 Å². The van der Waals surface area contributed by atoms with E-state index >= 15 is 0 Å². The summed E-state index contributed by atoms with van der Waals surface area (Å²) in [6, 6.07) is 0. The summed E-state index contributed by atoms with van der Waals surface area (Å²) in [5.74, 6) is 0.606. The standard InChI is InChI=1S/C13H24N2O3/c1-15-13(12(14)16,11-2-3-11)9-18-8-10-4-6-17-7-5-10/h10-11,15H,2-9H2,1H3,(H2,14,16). The number of likely N-dealkylation sites (N-methyl/N-ethyl adjacent to an activating group) is 1. The smallest absolute Gasteiger partial charge is 0.240 e. The number of nitrogens with one attached hydrogen (secondary N) is 1. The zero-order chi connectivity index (χ0) is 13.0. The molecule has 18 heavy (non-hydrogen) atoms. The summed E-state index contributed by atoms with van der Waals surface area (Å²) < 4.78 is 11.1. The second-order valence-electron chi connectivity index (χ2n) is 5.43. The number of hydrogen-bond donors (Lipinski definition) is 2. The highest BCUT2D eigenvalue weighted by molar-refractivity contribution is 5.85. The minimum Gasteiger partial charge on any atom is -0.381 e. The molecule has 1 heterocycles. The van der Waals surface area contributed by atoms with Crippen molar-refractivity contribution >= 4 is 5.91 Å². The van der Waals surface area contributed by atoms with E-state index in [-0.39, 0.29) is 5.91 Å². The quantitative estimate of drug-likeness (QED) is 0.686. The molecule has 2 fully saturated rings. The van der Waals surface area contributed by atoms with E-state index in [0.717, 1.165) is 38.9 Å². The van der Waals surface area contributed by atoms with Crippen molar-refractivity contribution in [3.63, 3.8) is 0 Å². The van der Waals surface area contributed by atoms with Crippen LogP contribution in [0, 0.1) is 11.8 Å². The summed E-state index contributed by atoms with van der Waals surface area (Å²) in [4.78, 5) is 11.7. The molecular weight excluding hydrogens is 232 g/mol. The Kier molecular flexibility index (Phi) is 4.59. The predicted octanol–water partition coefficient (Wildman–Crippen LogP) is 0.283. The molecule has 1 unspecified atom stereocenters. The van der Waals surface area contributed by atoms with E-state index in [9.17, 15) is 4.79 Å². The van der Waals surface area contributed by atoms with E-state index in [4.69, 9.17) is 15.2 Å². The number of carbonyl (C=O) groups is 1. The van der Waals surface area contributed by atoms with Crippen LogP contribution in [-0.2, 0) is 14.3 Å². The normalized spacial score (nSPS) is 24.7. The van der Waals surface area contributed by atoms with Crippen molar-refractivity contribution in [3.8, 4) is 0 Å². The molecule has 0 aromatic heterocycles. The summed E-state index contributed by atoms with van der Waals surface area (Å²) in [6.07, 6.45) is 4.22. The van der Waals surface area contributed by atoms with Crippen LogP contribution in [0.1, 0.15) is 25.7 Å². The lowest BCUT2D eigenvalue weighted by Gasteiger charge is -2.31. The fourth-order valence-corrected chi connectivity index (χ4v) is 2.67. The van der Waals surface area contributed by atoms with Gasteiger partial charge in [0.1, 0.15) is 5.54 Å². The van der Waals surface area contributed by atoms with E-state index in [2.05, 4.69) is 5.32 Å². The molecule has 0 radical (unpaired) electrons. The molecule has 5 heteroatoms. The largest absolute Gasteiger partial charge is 0.381 e. The first kappa shape index (κ1) is 13.8. The predicted molar refractivity (Wildman–Crippen MR) is 68.1 cm³/mol. The van der Waals surface area contributed by atoms with Gasteiger partial charge in [-0.3, -0.25) is 4.79 Å². The molecule has 0 aromatic carbocycles. The maximum atomic E-state index is 11.7. The van der Waals surface area contributed by atoms with E-state index < -0.39 is 5.54 Å². The first-order valence-electron chi connectivity index (χ1n) is 6.83. The first-order chi connectivity index (χ1) is 8.69. The molecule has 0 aromatic rings. The Morgan fingerprint density at radius 2 is 2.06 bits per heavy atom. The van der Waals surface area contributed by atoms with Gasteiger partial charge >= 0.3 is 0 Å². The van der Waals surface area contributed by atoms with E-state index in [1.807, 2.05) is 0 Å². The van der Waals surface area contributed by atoms with Gasteiger partial charge in [0.2, 0.25) is 5.91 Å². The fourth-order valence-electron chi connectivity index (χ4n) is 2.67. The molecule has 2 rings (SSSR count). The summed E-state index contributed by atoms with van der Waals surface area (Å²) in [6.45, 7) is 2.74. The molecule has 2 aliphatic rings. The third kappa shape index (κ3) is 3.02. The van der Waals surface area contributed by atoms with Crippen molar-refractivity contribution < 1.29 is 14.3 Å². The molecule has 1 aliphatic heterocycles. The van der Waals surface area contributed by atoms with Crippen LogP contribution in [0.4, 0.5) is 0 Å². The number of primary amides is 1. The minimum absolute atomic E-state index is 0.292. The van der Waals surface area contributed by atoms with E-state index in [0.29, 0.717) is 25.0 Å². The van der Waals surface area contributed by atoms with Gasteiger partial charge in [0.15, 0.2) is 0 Å². The van der Waals surface area contributed by atoms with Crippen LogP contribution in [0.2, 0.25) is 0 Å². The lowest BCUT2D eigenvalue weighted by molar-refractivity contribution is -0.128. The van der Waals surface area contributed by atoms with Gasteiger partial charge in [-0.25, -0.2) is 0 Å². The maximum Gasteiger partial charge on any atom is 0.240 e. The van der Waals surface area contributed by atoms with Gasteiger partial charge in [-0.15, -0.1) is 0 Å². The number of rotatable bonds is 7. The van der Waals surface area contributed by atoms with Crippen LogP contribution in [0.15, 0.2) is 0 Å². The lowest BCUT2D eigenvalue weighted by atomic mass is 9.93. The van der Waals surface area contributed by atoms with Crippen molar-refractivity contribution in [2.45, 2.75) is 31.2 Å². The van der Waals surface area contributed by atoms with E-state index in [1.165, 1.54) is 0 Å². The van der Waals surface area contributed by atoms with Crippen LogP contribution < -0.4 is 11.1 Å². The summed E-state index contributed by atoms with van der Waals surface area (Å²) >= 11 is 0. The second kappa shape index (κ2) is 5.99. The lowest BCUT2D eigenvalue weighted by Crippen LogP contribution is -2.59. The average Bonchev–Trinajstić information content (AvgIpc) is 3.20. The molecule has 5 nitrogen and oxygen atoms in total. The van der Waals surface area contributed by atoms with Gasteiger partial charge in [-0.05, 0) is 44.6 Å². The average molecular weight is 256 g/mol. The van der Waals surface area contributed by atoms with Crippen molar-refractivity contribution in [1.82, 2.24) is 5.32 Å². The van der Waals surface area contributed by atoms with E-state index in [1.54, 1.807) is 7.05 Å². The Labute approximate surface area is 108 Å². The molecule has 0 spiro atoms. The minimum atomic E-state index is -0.662. The SMILES string of the molecule is CNC(COCC1CCOCC1)(C(N)=O)C1CC1. The molecular formula is C13H24N2O3. The van der Waals surface area contributed by atoms with Gasteiger partial charge in [0.25, 0.3) is 0 Å². The Hall–Kier alpha value is -0.650. The highest BCUT2D eigenvalue weighted by atomic mass is 16.5. The molecule has 1 amide bonds. The number of ether oxygens (including phenoxy) is 2. The zero-order valence-corrected chi connectivity index (χ0v) is 11.1. The third-order valence-electron chi connectivity index (χ3n) is 4.18. The van der Waals surface area contributed by atoms with Crippen molar-refractivity contribution in [1.29, 1.82) is 0 Å². The third-order valence-corrected chi connectivity index (χ3v) is 4.18. The van der Waals surface area contributed by atoms with Crippen molar-refractivity contribution in [3.05, 3.63) is 0 Å². The van der Waals surface area contributed by atoms with Crippen LogP contribution in [0.3, 0.4) is 0 Å². The topological polar surface area (TPSA) is 73.6 Å². The number of nitrogens with two attached hydrogens (primary N) is 1. The van der Waals surface area contributed by atoms with Crippen LogP contribution in [0.25, 0.3) is 0 Å². The number of hydrogen-bond acceptors (Lipinski definition) is 4. The maximum absolute atomic E-state index is 11.7. The zero-order valence-electron chi connectivity index (χ0n) is 11.1. The molecule has 1 saturated carbocycles. The second-order valence-corrected chi connectivity index (χ2v) is 5.43. The Bertz CT molecular complexity index is 288. The molecule has 1 aliphatic carbocycles.